The van der Waals surface area contributed by atoms with E-state index in [1.54, 1.807) is 0 Å². The number of nitrogens with zero attached hydrogens (tertiary/aromatic N) is 2. The van der Waals surface area contributed by atoms with E-state index in [4.69, 9.17) is 17.3 Å². The van der Waals surface area contributed by atoms with Gasteiger partial charge in [0.2, 0.25) is 0 Å². The first-order valence-electron chi connectivity index (χ1n) is 5.82. The lowest BCUT2D eigenvalue weighted by Crippen LogP contribution is -2.07. The number of hydrogen-bond acceptors (Lipinski definition) is 2. The third kappa shape index (κ3) is 1.91. The van der Waals surface area contributed by atoms with Crippen LogP contribution in [0.1, 0.15) is 23.2 Å². The SMILES string of the molecule is Nc1c2c(nn1Cc1cccc(Cl)c1)CCC2. The number of halogens is 1. The lowest BCUT2D eigenvalue weighted by molar-refractivity contribution is 0.673. The van der Waals surface area contributed by atoms with Crippen LogP contribution in [0.4, 0.5) is 5.82 Å². The summed E-state index contributed by atoms with van der Waals surface area (Å²) in [6, 6.07) is 7.81. The van der Waals surface area contributed by atoms with E-state index in [0.29, 0.717) is 6.54 Å². The molecule has 1 aliphatic carbocycles. The smallest absolute Gasteiger partial charge is 0.125 e. The van der Waals surface area contributed by atoms with Crippen molar-refractivity contribution in [3.05, 3.63) is 46.1 Å². The summed E-state index contributed by atoms with van der Waals surface area (Å²) < 4.78 is 1.88. The molecule has 0 aliphatic heterocycles. The molecule has 4 heteroatoms. The Hall–Kier alpha value is -1.48. The van der Waals surface area contributed by atoms with Gasteiger partial charge in [0.1, 0.15) is 5.82 Å². The topological polar surface area (TPSA) is 43.8 Å². The zero-order chi connectivity index (χ0) is 11.8. The van der Waals surface area contributed by atoms with Crippen LogP contribution in [0.25, 0.3) is 0 Å². The summed E-state index contributed by atoms with van der Waals surface area (Å²) in [5.74, 6) is 0.817. The Kier molecular flexibility index (Phi) is 2.56. The van der Waals surface area contributed by atoms with Crippen LogP contribution < -0.4 is 5.73 Å². The Balaban J connectivity index is 1.91. The molecule has 0 saturated carbocycles. The van der Waals surface area contributed by atoms with E-state index < -0.39 is 0 Å². The Labute approximate surface area is 105 Å². The highest BCUT2D eigenvalue weighted by atomic mass is 35.5. The van der Waals surface area contributed by atoms with Gasteiger partial charge in [-0.15, -0.1) is 0 Å². The van der Waals surface area contributed by atoms with Crippen LogP contribution in [0.2, 0.25) is 5.02 Å². The fourth-order valence-corrected chi connectivity index (χ4v) is 2.61. The van der Waals surface area contributed by atoms with Gasteiger partial charge >= 0.3 is 0 Å². The van der Waals surface area contributed by atoms with Gasteiger partial charge in [-0.2, -0.15) is 5.10 Å². The van der Waals surface area contributed by atoms with E-state index in [1.165, 1.54) is 17.7 Å². The molecule has 17 heavy (non-hydrogen) atoms. The molecule has 0 atom stereocenters. The third-order valence-corrected chi connectivity index (χ3v) is 3.47. The summed E-state index contributed by atoms with van der Waals surface area (Å²) in [6.07, 6.45) is 3.30. The van der Waals surface area contributed by atoms with Gasteiger partial charge < -0.3 is 5.73 Å². The van der Waals surface area contributed by atoms with Crippen molar-refractivity contribution in [1.82, 2.24) is 9.78 Å². The molecule has 0 radical (unpaired) electrons. The fourth-order valence-electron chi connectivity index (χ4n) is 2.40. The molecule has 1 aromatic heterocycles. The van der Waals surface area contributed by atoms with Crippen molar-refractivity contribution in [2.45, 2.75) is 25.8 Å². The Morgan fingerprint density at radius 1 is 1.35 bits per heavy atom. The number of aromatic nitrogens is 2. The summed E-state index contributed by atoms with van der Waals surface area (Å²) in [5.41, 5.74) is 9.65. The Morgan fingerprint density at radius 3 is 3.00 bits per heavy atom. The number of benzene rings is 1. The second-order valence-corrected chi connectivity index (χ2v) is 4.89. The van der Waals surface area contributed by atoms with Crippen LogP contribution in [0, 0.1) is 0 Å². The predicted molar refractivity (Wildman–Crippen MR) is 69.2 cm³/mol. The first-order chi connectivity index (χ1) is 8.24. The molecule has 88 valence electrons. The summed E-state index contributed by atoms with van der Waals surface area (Å²) in [5, 5.41) is 5.31. The average Bonchev–Trinajstić information content (AvgIpc) is 2.84. The van der Waals surface area contributed by atoms with Crippen LogP contribution in [0.3, 0.4) is 0 Å². The molecule has 2 N–H and O–H groups in total. The molecule has 0 spiro atoms. The summed E-state index contributed by atoms with van der Waals surface area (Å²) in [7, 11) is 0. The predicted octanol–water partition coefficient (Wildman–Crippen LogP) is 2.66. The molecule has 0 bridgehead atoms. The zero-order valence-electron chi connectivity index (χ0n) is 9.49. The average molecular weight is 248 g/mol. The van der Waals surface area contributed by atoms with E-state index in [-0.39, 0.29) is 0 Å². The minimum Gasteiger partial charge on any atom is -0.384 e. The quantitative estimate of drug-likeness (QED) is 0.887. The second-order valence-electron chi connectivity index (χ2n) is 4.45. The molecule has 0 saturated heterocycles. The third-order valence-electron chi connectivity index (χ3n) is 3.24. The van der Waals surface area contributed by atoms with Gasteiger partial charge in [0, 0.05) is 10.6 Å². The fraction of sp³-hybridized carbons (Fsp3) is 0.308. The summed E-state index contributed by atoms with van der Waals surface area (Å²) in [6.45, 7) is 0.694. The van der Waals surface area contributed by atoms with Crippen LogP contribution in [0.15, 0.2) is 24.3 Å². The lowest BCUT2D eigenvalue weighted by Gasteiger charge is -2.06. The largest absolute Gasteiger partial charge is 0.384 e. The standard InChI is InChI=1S/C13H14ClN3/c14-10-4-1-3-9(7-10)8-17-13(15)11-5-2-6-12(11)16-17/h1,3-4,7H,2,5-6,8,15H2. The van der Waals surface area contributed by atoms with Crippen molar-refractivity contribution in [1.29, 1.82) is 0 Å². The summed E-state index contributed by atoms with van der Waals surface area (Å²) in [4.78, 5) is 0. The van der Waals surface area contributed by atoms with Crippen LogP contribution in [-0.4, -0.2) is 9.78 Å². The van der Waals surface area contributed by atoms with Crippen LogP contribution in [-0.2, 0) is 19.4 Å². The van der Waals surface area contributed by atoms with Gasteiger partial charge in [0.15, 0.2) is 0 Å². The van der Waals surface area contributed by atoms with E-state index in [2.05, 4.69) is 5.10 Å². The molecular weight excluding hydrogens is 234 g/mol. The second kappa shape index (κ2) is 4.08. The van der Waals surface area contributed by atoms with Crippen LogP contribution >= 0.6 is 11.6 Å². The minimum atomic E-state index is 0.694. The maximum atomic E-state index is 6.11. The normalized spacial score (nSPS) is 13.9. The van der Waals surface area contributed by atoms with Gasteiger partial charge in [-0.3, -0.25) is 0 Å². The monoisotopic (exact) mass is 247 g/mol. The molecule has 0 unspecified atom stereocenters. The molecule has 0 amide bonds. The Bertz CT molecular complexity index is 560. The molecule has 3 rings (SSSR count). The number of rotatable bonds is 2. The number of anilines is 1. The van der Waals surface area contributed by atoms with Crippen molar-refractivity contribution in [2.75, 3.05) is 5.73 Å². The number of nitrogens with two attached hydrogens (primary N) is 1. The van der Waals surface area contributed by atoms with Crippen molar-refractivity contribution in [2.24, 2.45) is 0 Å². The van der Waals surface area contributed by atoms with Gasteiger partial charge in [-0.1, -0.05) is 23.7 Å². The molecule has 1 heterocycles. The molecule has 1 aromatic carbocycles. The number of hydrogen-bond donors (Lipinski definition) is 1. The summed E-state index contributed by atoms with van der Waals surface area (Å²) >= 11 is 5.96. The highest BCUT2D eigenvalue weighted by Crippen LogP contribution is 2.27. The van der Waals surface area contributed by atoms with Crippen molar-refractivity contribution in [3.63, 3.8) is 0 Å². The minimum absolute atomic E-state index is 0.694. The maximum absolute atomic E-state index is 6.11. The van der Waals surface area contributed by atoms with E-state index in [1.807, 2.05) is 28.9 Å². The van der Waals surface area contributed by atoms with Crippen molar-refractivity contribution < 1.29 is 0 Å². The van der Waals surface area contributed by atoms with Gasteiger partial charge in [-0.05, 0) is 37.0 Å². The van der Waals surface area contributed by atoms with Gasteiger partial charge in [-0.25, -0.2) is 4.68 Å². The Morgan fingerprint density at radius 2 is 2.24 bits per heavy atom. The maximum Gasteiger partial charge on any atom is 0.125 e. The molecule has 0 fully saturated rings. The first kappa shape index (κ1) is 10.7. The van der Waals surface area contributed by atoms with E-state index in [9.17, 15) is 0 Å². The number of aryl methyl sites for hydroxylation is 1. The van der Waals surface area contributed by atoms with Gasteiger partial charge in [0.25, 0.3) is 0 Å². The number of nitrogen functional groups attached to an aromatic ring is 1. The van der Waals surface area contributed by atoms with Crippen molar-refractivity contribution in [3.8, 4) is 0 Å². The van der Waals surface area contributed by atoms with Gasteiger partial charge in [0.05, 0.1) is 12.2 Å². The number of fused-ring (bicyclic) bond motifs is 1. The highest BCUT2D eigenvalue weighted by molar-refractivity contribution is 6.30. The van der Waals surface area contributed by atoms with Crippen molar-refractivity contribution >= 4 is 17.4 Å². The molecular formula is C13H14ClN3. The molecule has 2 aromatic rings. The zero-order valence-corrected chi connectivity index (χ0v) is 10.2. The first-order valence-corrected chi connectivity index (χ1v) is 6.20. The van der Waals surface area contributed by atoms with Crippen LogP contribution in [0.5, 0.6) is 0 Å². The molecule has 1 aliphatic rings. The van der Waals surface area contributed by atoms with E-state index in [0.717, 1.165) is 29.2 Å². The highest BCUT2D eigenvalue weighted by Gasteiger charge is 2.20. The lowest BCUT2D eigenvalue weighted by atomic mass is 10.2. The van der Waals surface area contributed by atoms with E-state index >= 15 is 0 Å². The molecule has 3 nitrogen and oxygen atoms in total.